The molecule has 3 N–H and O–H groups in total. The van der Waals surface area contributed by atoms with Crippen molar-refractivity contribution in [2.24, 2.45) is 0 Å². The van der Waals surface area contributed by atoms with E-state index in [2.05, 4.69) is 9.97 Å². The lowest BCUT2D eigenvalue weighted by molar-refractivity contribution is -0.148. The Kier molecular flexibility index (Phi) is 6.48. The number of nitrogens with zero attached hydrogens (tertiary/aromatic N) is 1. The third kappa shape index (κ3) is 5.25. The molecule has 2 aromatic carbocycles. The van der Waals surface area contributed by atoms with Crippen LogP contribution in [0.25, 0.3) is 10.9 Å². The fraction of sp³-hybridized carbons (Fsp3) is 0.150. The van der Waals surface area contributed by atoms with Crippen LogP contribution < -0.4 is 16.4 Å². The molecule has 154 valence electrons. The van der Waals surface area contributed by atoms with Gasteiger partial charge in [-0.3, -0.25) is 30.0 Å². The molecule has 30 heavy (non-hydrogen) atoms. The molecule has 0 aliphatic rings. The zero-order valence-corrected chi connectivity index (χ0v) is 15.6. The van der Waals surface area contributed by atoms with Gasteiger partial charge < -0.3 is 9.72 Å². The number of hydrogen-bond acceptors (Lipinski definition) is 6. The minimum absolute atomic E-state index is 0.115. The Hall–Kier alpha value is -4.08. The molecule has 2 amide bonds. The van der Waals surface area contributed by atoms with Crippen LogP contribution in [-0.4, -0.2) is 34.4 Å². The van der Waals surface area contributed by atoms with Crippen molar-refractivity contribution in [3.8, 4) is 0 Å². The molecule has 0 spiro atoms. The monoisotopic (exact) mass is 412 g/mol. The Morgan fingerprint density at radius 2 is 1.77 bits per heavy atom. The van der Waals surface area contributed by atoms with Crippen LogP contribution >= 0.6 is 0 Å². The Morgan fingerprint density at radius 3 is 2.57 bits per heavy atom. The minimum Gasteiger partial charge on any atom is -0.455 e. The van der Waals surface area contributed by atoms with Crippen LogP contribution in [-0.2, 0) is 20.7 Å². The quantitative estimate of drug-likeness (QED) is 0.409. The van der Waals surface area contributed by atoms with Crippen molar-refractivity contribution in [2.75, 3.05) is 6.61 Å². The first kappa shape index (κ1) is 20.6. The number of ether oxygens (including phenoxy) is 1. The summed E-state index contributed by atoms with van der Waals surface area (Å²) in [5, 5.41) is 0.443. The normalized spacial score (nSPS) is 10.4. The summed E-state index contributed by atoms with van der Waals surface area (Å²) in [5.41, 5.74) is 4.00. The first-order valence-corrected chi connectivity index (χ1v) is 8.91. The van der Waals surface area contributed by atoms with E-state index in [1.54, 1.807) is 24.3 Å². The molecule has 1 heterocycles. The SMILES string of the molecule is O=C(COC(=O)CCc1nc2ccccc2c(=O)[nH]1)NNC(=O)c1ccccc1F. The summed E-state index contributed by atoms with van der Waals surface area (Å²) >= 11 is 0. The average molecular weight is 412 g/mol. The maximum Gasteiger partial charge on any atom is 0.306 e. The maximum atomic E-state index is 13.5. The van der Waals surface area contributed by atoms with E-state index >= 15 is 0 Å². The molecule has 0 saturated carbocycles. The minimum atomic E-state index is -0.848. The highest BCUT2D eigenvalue weighted by Gasteiger charge is 2.13. The van der Waals surface area contributed by atoms with Crippen LogP contribution in [0.3, 0.4) is 0 Å². The van der Waals surface area contributed by atoms with Crippen molar-refractivity contribution >= 4 is 28.7 Å². The lowest BCUT2D eigenvalue weighted by Gasteiger charge is -2.08. The lowest BCUT2D eigenvalue weighted by Crippen LogP contribution is -2.43. The van der Waals surface area contributed by atoms with Crippen LogP contribution in [0, 0.1) is 5.82 Å². The molecular formula is C20H17FN4O5. The predicted molar refractivity (Wildman–Crippen MR) is 104 cm³/mol. The van der Waals surface area contributed by atoms with E-state index < -0.39 is 30.2 Å². The van der Waals surface area contributed by atoms with Crippen molar-refractivity contribution in [1.82, 2.24) is 20.8 Å². The van der Waals surface area contributed by atoms with Crippen molar-refractivity contribution in [3.05, 3.63) is 76.1 Å². The number of nitrogens with one attached hydrogen (secondary N) is 3. The number of hydrazine groups is 1. The zero-order valence-electron chi connectivity index (χ0n) is 15.6. The van der Waals surface area contributed by atoms with E-state index in [9.17, 15) is 23.6 Å². The number of aryl methyl sites for hydroxylation is 1. The van der Waals surface area contributed by atoms with Gasteiger partial charge >= 0.3 is 5.97 Å². The molecule has 0 radical (unpaired) electrons. The standard InChI is InChI=1S/C20H17FN4O5/c21-14-7-3-1-5-12(14)20(29)25-24-17(26)11-30-18(27)10-9-16-22-15-8-4-2-6-13(15)19(28)23-16/h1-8H,9-11H2,(H,24,26)(H,25,29)(H,22,23,28). The number of halogens is 1. The summed E-state index contributed by atoms with van der Waals surface area (Å²) in [6.45, 7) is -0.641. The van der Waals surface area contributed by atoms with E-state index in [4.69, 9.17) is 4.74 Å². The van der Waals surface area contributed by atoms with Crippen LogP contribution in [0.1, 0.15) is 22.6 Å². The number of esters is 1. The Bertz CT molecular complexity index is 1160. The number of amides is 2. The smallest absolute Gasteiger partial charge is 0.306 e. The van der Waals surface area contributed by atoms with Gasteiger partial charge in [-0.05, 0) is 24.3 Å². The van der Waals surface area contributed by atoms with Gasteiger partial charge in [0.25, 0.3) is 17.4 Å². The third-order valence-electron chi connectivity index (χ3n) is 4.03. The van der Waals surface area contributed by atoms with E-state index in [0.29, 0.717) is 16.7 Å². The molecule has 0 aliphatic carbocycles. The number of rotatable bonds is 6. The number of carbonyl (C=O) groups excluding carboxylic acids is 3. The number of carbonyl (C=O) groups is 3. The highest BCUT2D eigenvalue weighted by atomic mass is 19.1. The van der Waals surface area contributed by atoms with Gasteiger partial charge in [0.05, 0.1) is 22.9 Å². The molecule has 0 fully saturated rings. The van der Waals surface area contributed by atoms with Crippen molar-refractivity contribution < 1.29 is 23.5 Å². The second kappa shape index (κ2) is 9.41. The summed E-state index contributed by atoms with van der Waals surface area (Å²) in [4.78, 5) is 54.1. The Balaban J connectivity index is 1.43. The number of aromatic amines is 1. The van der Waals surface area contributed by atoms with Crippen LogP contribution in [0.5, 0.6) is 0 Å². The van der Waals surface area contributed by atoms with Gasteiger partial charge in [-0.15, -0.1) is 0 Å². The molecular weight excluding hydrogens is 395 g/mol. The first-order valence-electron chi connectivity index (χ1n) is 8.91. The second-order valence-corrected chi connectivity index (χ2v) is 6.17. The molecule has 3 aromatic rings. The number of fused-ring (bicyclic) bond motifs is 1. The fourth-order valence-corrected chi connectivity index (χ4v) is 2.57. The summed E-state index contributed by atoms with van der Waals surface area (Å²) in [5.74, 6) is -2.76. The molecule has 10 heteroatoms. The van der Waals surface area contributed by atoms with Gasteiger partial charge in [0.2, 0.25) is 0 Å². The number of hydrogen-bond donors (Lipinski definition) is 3. The van der Waals surface area contributed by atoms with Crippen molar-refractivity contribution in [3.63, 3.8) is 0 Å². The van der Waals surface area contributed by atoms with Crippen LogP contribution in [0.15, 0.2) is 53.3 Å². The second-order valence-electron chi connectivity index (χ2n) is 6.17. The number of para-hydroxylation sites is 1. The molecule has 0 atom stereocenters. The van der Waals surface area contributed by atoms with E-state index in [1.807, 2.05) is 10.9 Å². The predicted octanol–water partition coefficient (Wildman–Crippen LogP) is 0.999. The maximum absolute atomic E-state index is 13.5. The Labute approximate surface area is 169 Å². The molecule has 3 rings (SSSR count). The van der Waals surface area contributed by atoms with Crippen molar-refractivity contribution in [2.45, 2.75) is 12.8 Å². The van der Waals surface area contributed by atoms with Crippen LogP contribution in [0.4, 0.5) is 4.39 Å². The van der Waals surface area contributed by atoms with E-state index in [-0.39, 0.29) is 24.0 Å². The van der Waals surface area contributed by atoms with Gasteiger partial charge in [0, 0.05) is 6.42 Å². The molecule has 0 bridgehead atoms. The third-order valence-corrected chi connectivity index (χ3v) is 4.03. The summed E-state index contributed by atoms with van der Waals surface area (Å²) in [6, 6.07) is 12.1. The van der Waals surface area contributed by atoms with Crippen LogP contribution in [0.2, 0.25) is 0 Å². The summed E-state index contributed by atoms with van der Waals surface area (Å²) in [6.07, 6.45) is 0.000687. The number of H-pyrrole nitrogens is 1. The molecule has 9 nitrogen and oxygen atoms in total. The highest BCUT2D eigenvalue weighted by molar-refractivity contribution is 5.95. The van der Waals surface area contributed by atoms with Gasteiger partial charge in [-0.2, -0.15) is 0 Å². The lowest BCUT2D eigenvalue weighted by atomic mass is 10.2. The topological polar surface area (TPSA) is 130 Å². The van der Waals surface area contributed by atoms with E-state index in [0.717, 1.165) is 6.07 Å². The molecule has 1 aromatic heterocycles. The largest absolute Gasteiger partial charge is 0.455 e. The average Bonchev–Trinajstić information content (AvgIpc) is 2.75. The Morgan fingerprint density at radius 1 is 1.03 bits per heavy atom. The zero-order chi connectivity index (χ0) is 21.5. The first-order chi connectivity index (χ1) is 14.4. The van der Waals surface area contributed by atoms with E-state index in [1.165, 1.54) is 18.2 Å². The molecule has 0 saturated heterocycles. The summed E-state index contributed by atoms with van der Waals surface area (Å²) in [7, 11) is 0. The number of benzene rings is 2. The van der Waals surface area contributed by atoms with Gasteiger partial charge in [-0.25, -0.2) is 9.37 Å². The highest BCUT2D eigenvalue weighted by Crippen LogP contribution is 2.07. The van der Waals surface area contributed by atoms with Gasteiger partial charge in [0.1, 0.15) is 11.6 Å². The molecule has 0 aliphatic heterocycles. The fourth-order valence-electron chi connectivity index (χ4n) is 2.57. The van der Waals surface area contributed by atoms with Gasteiger partial charge in [0.15, 0.2) is 6.61 Å². The molecule has 0 unspecified atom stereocenters. The number of aromatic nitrogens is 2. The van der Waals surface area contributed by atoms with Gasteiger partial charge in [-0.1, -0.05) is 24.3 Å². The van der Waals surface area contributed by atoms with Crippen molar-refractivity contribution in [1.29, 1.82) is 0 Å². The summed E-state index contributed by atoms with van der Waals surface area (Å²) < 4.78 is 18.3.